The normalized spacial score (nSPS) is 11.8. The lowest BCUT2D eigenvalue weighted by Crippen LogP contribution is -2.36. The Kier molecular flexibility index (Phi) is 7.03. The smallest absolute Gasteiger partial charge is 0.270 e. The van der Waals surface area contributed by atoms with Gasteiger partial charge in [0, 0.05) is 19.2 Å². The van der Waals surface area contributed by atoms with Crippen LogP contribution in [0.15, 0.2) is 71.5 Å². The van der Waals surface area contributed by atoms with Crippen molar-refractivity contribution in [3.8, 4) is 11.4 Å². The zero-order valence-electron chi connectivity index (χ0n) is 19.8. The highest BCUT2D eigenvalue weighted by Crippen LogP contribution is 2.31. The molecule has 1 atom stereocenters. The molecular weight excluding hydrogens is 484 g/mol. The predicted octanol–water partition coefficient (Wildman–Crippen LogP) is 5.18. The molecule has 0 fully saturated rings. The molecule has 0 saturated carbocycles. The first-order valence-corrected chi connectivity index (χ1v) is 11.5. The monoisotopic (exact) mass is 506 g/mol. The van der Waals surface area contributed by atoms with Gasteiger partial charge >= 0.3 is 0 Å². The Balaban J connectivity index is 1.90. The van der Waals surface area contributed by atoms with Crippen molar-refractivity contribution < 1.29 is 14.5 Å². The maximum absolute atomic E-state index is 13.7. The number of nitrogens with zero attached hydrogens (tertiary/aromatic N) is 4. The highest BCUT2D eigenvalue weighted by molar-refractivity contribution is 6.34. The number of carbonyl (C=O) groups is 1. The summed E-state index contributed by atoms with van der Waals surface area (Å²) in [6.45, 7) is 1.87. The Labute approximate surface area is 211 Å². The summed E-state index contributed by atoms with van der Waals surface area (Å²) in [5, 5.41) is 11.5. The molecular formula is C26H23ClN4O5. The molecule has 4 rings (SSSR count). The van der Waals surface area contributed by atoms with E-state index in [4.69, 9.17) is 21.3 Å². The molecule has 9 nitrogen and oxygen atoms in total. The summed E-state index contributed by atoms with van der Waals surface area (Å²) in [6.07, 6.45) is 0.423. The minimum Gasteiger partial charge on any atom is -0.495 e. The van der Waals surface area contributed by atoms with Crippen LogP contribution in [0.5, 0.6) is 5.75 Å². The van der Waals surface area contributed by atoms with E-state index in [2.05, 4.69) is 0 Å². The molecule has 36 heavy (non-hydrogen) atoms. The number of methoxy groups -OCH3 is 1. The number of ether oxygens (including phenoxy) is 1. The summed E-state index contributed by atoms with van der Waals surface area (Å²) < 4.78 is 6.99. The molecule has 1 amide bonds. The number of rotatable bonds is 7. The molecule has 0 bridgehead atoms. The molecule has 0 aliphatic carbocycles. The van der Waals surface area contributed by atoms with Crippen molar-refractivity contribution in [1.82, 2.24) is 14.5 Å². The Morgan fingerprint density at radius 2 is 1.86 bits per heavy atom. The zero-order chi connectivity index (χ0) is 26.0. The van der Waals surface area contributed by atoms with E-state index in [1.165, 1.54) is 28.7 Å². The fourth-order valence-electron chi connectivity index (χ4n) is 4.17. The molecule has 4 aromatic rings. The summed E-state index contributed by atoms with van der Waals surface area (Å²) in [5.41, 5.74) is 0.581. The summed E-state index contributed by atoms with van der Waals surface area (Å²) >= 11 is 6.24. The van der Waals surface area contributed by atoms with Crippen molar-refractivity contribution in [3.63, 3.8) is 0 Å². The Morgan fingerprint density at radius 3 is 2.53 bits per heavy atom. The van der Waals surface area contributed by atoms with Crippen LogP contribution >= 0.6 is 11.6 Å². The fourth-order valence-corrected chi connectivity index (χ4v) is 4.43. The van der Waals surface area contributed by atoms with Gasteiger partial charge in [-0.15, -0.1) is 0 Å². The predicted molar refractivity (Wildman–Crippen MR) is 137 cm³/mol. The SMILES string of the molecule is CCC(c1nc2ccccc2c(=O)n1-c1ccccc1OC)N(C)C(=O)c1ccc([N+](=O)[O-])cc1Cl. The standard InChI is InChI=1S/C26H23ClN4O5/c1-4-21(29(2)25(32)17-14-13-16(31(34)35)15-19(17)27)24-28-20-10-6-5-9-18(20)26(33)30(24)22-11-7-8-12-23(22)36-3/h5-15,21H,4H2,1-3H3. The van der Waals surface area contributed by atoms with Crippen LogP contribution in [0.1, 0.15) is 35.6 Å². The second kappa shape index (κ2) is 10.2. The number of hydrogen-bond donors (Lipinski definition) is 0. The summed E-state index contributed by atoms with van der Waals surface area (Å²) in [4.78, 5) is 43.9. The summed E-state index contributed by atoms with van der Waals surface area (Å²) in [5.74, 6) is 0.357. The lowest BCUT2D eigenvalue weighted by atomic mass is 10.1. The van der Waals surface area contributed by atoms with Crippen LogP contribution in [0.4, 0.5) is 5.69 Å². The highest BCUT2D eigenvalue weighted by atomic mass is 35.5. The number of benzene rings is 3. The van der Waals surface area contributed by atoms with Crippen LogP contribution in [-0.2, 0) is 0 Å². The average Bonchev–Trinajstić information content (AvgIpc) is 2.88. The maximum Gasteiger partial charge on any atom is 0.270 e. The van der Waals surface area contributed by atoms with Gasteiger partial charge in [0.25, 0.3) is 17.2 Å². The quantitative estimate of drug-likeness (QED) is 0.252. The number of nitro groups is 1. The fraction of sp³-hybridized carbons (Fsp3) is 0.192. The molecule has 1 heterocycles. The molecule has 0 N–H and O–H groups in total. The number of hydrogen-bond acceptors (Lipinski definition) is 6. The third kappa shape index (κ3) is 4.40. The lowest BCUT2D eigenvalue weighted by Gasteiger charge is -2.29. The van der Waals surface area contributed by atoms with Gasteiger partial charge in [-0.05, 0) is 36.8 Å². The molecule has 3 aromatic carbocycles. The number of halogens is 1. The molecule has 1 aromatic heterocycles. The largest absolute Gasteiger partial charge is 0.495 e. The van der Waals surface area contributed by atoms with Crippen molar-refractivity contribution >= 4 is 34.1 Å². The first-order valence-electron chi connectivity index (χ1n) is 11.1. The Bertz CT molecular complexity index is 1530. The second-order valence-electron chi connectivity index (χ2n) is 8.06. The number of non-ortho nitro benzene ring substituents is 1. The second-order valence-corrected chi connectivity index (χ2v) is 8.47. The van der Waals surface area contributed by atoms with Crippen LogP contribution in [0.25, 0.3) is 16.6 Å². The Hall–Kier alpha value is -4.24. The minimum atomic E-state index is -0.633. The number of amides is 1. The van der Waals surface area contributed by atoms with Crippen LogP contribution in [-0.4, -0.2) is 39.4 Å². The summed E-state index contributed by atoms with van der Waals surface area (Å²) in [7, 11) is 3.10. The van der Waals surface area contributed by atoms with Crippen molar-refractivity contribution in [2.24, 2.45) is 0 Å². The molecule has 0 radical (unpaired) electrons. The van der Waals surface area contributed by atoms with Gasteiger partial charge < -0.3 is 9.64 Å². The first kappa shape index (κ1) is 24.9. The third-order valence-electron chi connectivity index (χ3n) is 5.99. The number of aromatic nitrogens is 2. The topological polar surface area (TPSA) is 108 Å². The van der Waals surface area contributed by atoms with E-state index in [-0.39, 0.29) is 21.8 Å². The van der Waals surface area contributed by atoms with Gasteiger partial charge in [0.15, 0.2) is 0 Å². The van der Waals surface area contributed by atoms with Gasteiger partial charge in [-0.25, -0.2) is 4.98 Å². The zero-order valence-corrected chi connectivity index (χ0v) is 20.6. The maximum atomic E-state index is 13.7. The molecule has 0 aliphatic heterocycles. The minimum absolute atomic E-state index is 0.0375. The third-order valence-corrected chi connectivity index (χ3v) is 6.31. The van der Waals surface area contributed by atoms with E-state index in [1.54, 1.807) is 55.6 Å². The number of nitro benzene ring substituents is 1. The van der Waals surface area contributed by atoms with E-state index in [0.717, 1.165) is 6.07 Å². The van der Waals surface area contributed by atoms with Crippen molar-refractivity contribution in [2.75, 3.05) is 14.2 Å². The molecule has 184 valence electrons. The number of fused-ring (bicyclic) bond motifs is 1. The van der Waals surface area contributed by atoms with E-state index >= 15 is 0 Å². The van der Waals surface area contributed by atoms with Gasteiger partial charge in [-0.1, -0.05) is 42.8 Å². The van der Waals surface area contributed by atoms with Gasteiger partial charge in [0.2, 0.25) is 0 Å². The van der Waals surface area contributed by atoms with E-state index < -0.39 is 16.9 Å². The summed E-state index contributed by atoms with van der Waals surface area (Å²) in [6, 6.07) is 17.1. The van der Waals surface area contributed by atoms with Gasteiger partial charge in [-0.3, -0.25) is 24.3 Å². The number of para-hydroxylation sites is 3. The molecule has 0 aliphatic rings. The Morgan fingerprint density at radius 1 is 1.17 bits per heavy atom. The lowest BCUT2D eigenvalue weighted by molar-refractivity contribution is -0.384. The molecule has 10 heteroatoms. The molecule has 0 saturated heterocycles. The van der Waals surface area contributed by atoms with E-state index in [9.17, 15) is 19.7 Å². The van der Waals surface area contributed by atoms with Gasteiger partial charge in [0.05, 0.1) is 45.3 Å². The van der Waals surface area contributed by atoms with E-state index in [0.29, 0.717) is 34.6 Å². The van der Waals surface area contributed by atoms with Gasteiger partial charge in [0.1, 0.15) is 11.6 Å². The highest BCUT2D eigenvalue weighted by Gasteiger charge is 2.29. The van der Waals surface area contributed by atoms with Crippen LogP contribution in [0.3, 0.4) is 0 Å². The van der Waals surface area contributed by atoms with Crippen LogP contribution in [0.2, 0.25) is 5.02 Å². The first-order chi connectivity index (χ1) is 17.3. The molecule has 0 spiro atoms. The van der Waals surface area contributed by atoms with Crippen LogP contribution in [0, 0.1) is 10.1 Å². The van der Waals surface area contributed by atoms with Crippen LogP contribution < -0.4 is 10.3 Å². The van der Waals surface area contributed by atoms with Gasteiger partial charge in [-0.2, -0.15) is 0 Å². The average molecular weight is 507 g/mol. The number of carbonyl (C=O) groups excluding carboxylic acids is 1. The van der Waals surface area contributed by atoms with Crippen molar-refractivity contribution in [1.29, 1.82) is 0 Å². The van der Waals surface area contributed by atoms with Crippen molar-refractivity contribution in [2.45, 2.75) is 19.4 Å². The molecule has 1 unspecified atom stereocenters. The van der Waals surface area contributed by atoms with Crippen molar-refractivity contribution in [3.05, 3.63) is 104 Å². The van der Waals surface area contributed by atoms with E-state index in [1.807, 2.05) is 6.92 Å².